The molecule has 0 heterocycles. The number of carbonyl (C=O) groups excluding carboxylic acids is 2. The second-order valence-corrected chi connectivity index (χ2v) is 8.60. The van der Waals surface area contributed by atoms with Gasteiger partial charge in [-0.05, 0) is 66.5 Å². The van der Waals surface area contributed by atoms with Crippen LogP contribution in [-0.2, 0) is 4.79 Å². The summed E-state index contributed by atoms with van der Waals surface area (Å²) in [6.07, 6.45) is 5.54. The molecule has 146 valence electrons. The predicted octanol–water partition coefficient (Wildman–Crippen LogP) is 4.83. The monoisotopic (exact) mass is 460 g/mol. The van der Waals surface area contributed by atoms with Gasteiger partial charge >= 0.3 is 0 Å². The van der Waals surface area contributed by atoms with Crippen molar-refractivity contribution in [2.75, 3.05) is 6.54 Å². The molecule has 1 N–H and O–H groups in total. The summed E-state index contributed by atoms with van der Waals surface area (Å²) in [7, 11) is 0. The normalized spacial score (nSPS) is 12.0. The van der Waals surface area contributed by atoms with Gasteiger partial charge in [0.1, 0.15) is 6.04 Å². The van der Waals surface area contributed by atoms with Crippen molar-refractivity contribution >= 4 is 39.3 Å². The number of terminal acetylenes is 1. The highest BCUT2D eigenvalue weighted by Crippen LogP contribution is 2.27. The lowest BCUT2D eigenvalue weighted by atomic mass is 10.0. The van der Waals surface area contributed by atoms with Crippen LogP contribution in [0.3, 0.4) is 0 Å². The van der Waals surface area contributed by atoms with Crippen molar-refractivity contribution in [1.82, 2.24) is 10.2 Å². The van der Waals surface area contributed by atoms with Gasteiger partial charge < -0.3 is 10.2 Å². The number of halogens is 2. The zero-order valence-corrected chi connectivity index (χ0v) is 18.3. The first-order valence-corrected chi connectivity index (χ1v) is 9.87. The predicted molar refractivity (Wildman–Crippen MR) is 116 cm³/mol. The van der Waals surface area contributed by atoms with E-state index in [0.29, 0.717) is 20.6 Å². The minimum atomic E-state index is -0.896. The summed E-state index contributed by atoms with van der Waals surface area (Å²) in [6.45, 7) is 5.62. The van der Waals surface area contributed by atoms with Gasteiger partial charge in [0.25, 0.3) is 5.91 Å². The van der Waals surface area contributed by atoms with Crippen LogP contribution in [0, 0.1) is 12.3 Å². The fourth-order valence-electron chi connectivity index (χ4n) is 2.72. The van der Waals surface area contributed by atoms with Crippen molar-refractivity contribution < 1.29 is 9.59 Å². The Bertz CT molecular complexity index is 898. The standard InChI is InChI=1S/C22H22BrClN2O2/c1-5-14-26(21(28)17-8-6-7-9-18(17)23)19(20(27)25-22(2,3)4)15-10-12-16(24)13-11-15/h1,6-13,19H,14H2,2-4H3,(H,25,27). The molecule has 2 rings (SSSR count). The molecule has 0 aliphatic heterocycles. The molecule has 0 aliphatic carbocycles. The molecule has 6 heteroatoms. The van der Waals surface area contributed by atoms with Crippen LogP contribution in [0.1, 0.15) is 42.7 Å². The Morgan fingerprint density at radius 1 is 1.18 bits per heavy atom. The maximum Gasteiger partial charge on any atom is 0.256 e. The van der Waals surface area contributed by atoms with E-state index in [2.05, 4.69) is 27.2 Å². The Labute approximate surface area is 179 Å². The number of nitrogens with one attached hydrogen (secondary N) is 1. The average Bonchev–Trinajstić information content (AvgIpc) is 2.61. The van der Waals surface area contributed by atoms with E-state index in [1.165, 1.54) is 4.90 Å². The first-order valence-electron chi connectivity index (χ1n) is 8.70. The van der Waals surface area contributed by atoms with Gasteiger partial charge in [-0.15, -0.1) is 6.42 Å². The third-order valence-corrected chi connectivity index (χ3v) is 4.81. The highest BCUT2D eigenvalue weighted by molar-refractivity contribution is 9.10. The lowest BCUT2D eigenvalue weighted by Gasteiger charge is -2.33. The highest BCUT2D eigenvalue weighted by Gasteiger charge is 2.33. The molecule has 0 aromatic heterocycles. The number of rotatable bonds is 5. The van der Waals surface area contributed by atoms with Crippen LogP contribution in [-0.4, -0.2) is 28.8 Å². The van der Waals surface area contributed by atoms with Crippen molar-refractivity contribution in [3.63, 3.8) is 0 Å². The summed E-state index contributed by atoms with van der Waals surface area (Å²) in [6, 6.07) is 13.0. The van der Waals surface area contributed by atoms with Crippen molar-refractivity contribution in [1.29, 1.82) is 0 Å². The average molecular weight is 462 g/mol. The SMILES string of the molecule is C#CCN(C(=O)c1ccccc1Br)C(C(=O)NC(C)(C)C)c1ccc(Cl)cc1. The Morgan fingerprint density at radius 3 is 2.32 bits per heavy atom. The largest absolute Gasteiger partial charge is 0.349 e. The first kappa shape index (κ1) is 22.0. The van der Waals surface area contributed by atoms with E-state index in [0.717, 1.165) is 0 Å². The molecule has 2 aromatic carbocycles. The zero-order chi connectivity index (χ0) is 20.9. The molecular formula is C22H22BrClN2O2. The smallest absolute Gasteiger partial charge is 0.256 e. The van der Waals surface area contributed by atoms with Crippen LogP contribution >= 0.6 is 27.5 Å². The zero-order valence-electron chi connectivity index (χ0n) is 16.0. The maximum absolute atomic E-state index is 13.3. The number of nitrogens with zero attached hydrogens (tertiary/aromatic N) is 1. The van der Waals surface area contributed by atoms with Crippen molar-refractivity contribution in [2.24, 2.45) is 0 Å². The van der Waals surface area contributed by atoms with Gasteiger partial charge in [0.15, 0.2) is 0 Å². The van der Waals surface area contributed by atoms with E-state index in [4.69, 9.17) is 18.0 Å². The second-order valence-electron chi connectivity index (χ2n) is 7.31. The number of amides is 2. The fraction of sp³-hybridized carbons (Fsp3) is 0.273. The van der Waals surface area contributed by atoms with E-state index in [9.17, 15) is 9.59 Å². The molecule has 2 aromatic rings. The quantitative estimate of drug-likeness (QED) is 0.648. The minimum absolute atomic E-state index is 0.0228. The Balaban J connectivity index is 2.54. The number of hydrogen-bond donors (Lipinski definition) is 1. The van der Waals surface area contributed by atoms with Gasteiger partial charge in [-0.3, -0.25) is 9.59 Å². The van der Waals surface area contributed by atoms with Crippen LogP contribution in [0.5, 0.6) is 0 Å². The van der Waals surface area contributed by atoms with Gasteiger partial charge in [0.2, 0.25) is 5.91 Å². The van der Waals surface area contributed by atoms with Gasteiger partial charge in [-0.1, -0.05) is 41.8 Å². The van der Waals surface area contributed by atoms with Crippen LogP contribution in [0.2, 0.25) is 5.02 Å². The van der Waals surface area contributed by atoms with E-state index in [-0.39, 0.29) is 18.4 Å². The van der Waals surface area contributed by atoms with E-state index < -0.39 is 11.6 Å². The Kier molecular flexibility index (Phi) is 7.29. The molecule has 0 aliphatic rings. The number of carbonyl (C=O) groups is 2. The van der Waals surface area contributed by atoms with Gasteiger partial charge in [0, 0.05) is 15.0 Å². The molecule has 0 fully saturated rings. The second kappa shape index (κ2) is 9.27. The van der Waals surface area contributed by atoms with E-state index in [1.807, 2.05) is 26.8 Å². The lowest BCUT2D eigenvalue weighted by Crippen LogP contribution is -2.49. The van der Waals surface area contributed by atoms with E-state index in [1.54, 1.807) is 42.5 Å². The molecule has 0 saturated heterocycles. The summed E-state index contributed by atoms with van der Waals surface area (Å²) < 4.78 is 0.633. The van der Waals surface area contributed by atoms with E-state index >= 15 is 0 Å². The van der Waals surface area contributed by atoms with Gasteiger partial charge in [-0.25, -0.2) is 0 Å². The first-order chi connectivity index (χ1) is 13.1. The fourth-order valence-corrected chi connectivity index (χ4v) is 3.30. The van der Waals surface area contributed by atoms with Gasteiger partial charge in [0.05, 0.1) is 12.1 Å². The molecule has 2 amide bonds. The molecule has 28 heavy (non-hydrogen) atoms. The van der Waals surface area contributed by atoms with Crippen LogP contribution < -0.4 is 5.32 Å². The summed E-state index contributed by atoms with van der Waals surface area (Å²) in [5, 5.41) is 3.49. The van der Waals surface area contributed by atoms with Crippen molar-refractivity contribution in [3.8, 4) is 12.3 Å². The lowest BCUT2D eigenvalue weighted by molar-refractivity contribution is -0.127. The highest BCUT2D eigenvalue weighted by atomic mass is 79.9. The van der Waals surface area contributed by atoms with Crippen molar-refractivity contribution in [2.45, 2.75) is 32.4 Å². The topological polar surface area (TPSA) is 49.4 Å². The number of benzene rings is 2. The minimum Gasteiger partial charge on any atom is -0.349 e. The van der Waals surface area contributed by atoms with Crippen LogP contribution in [0.25, 0.3) is 0 Å². The van der Waals surface area contributed by atoms with Crippen LogP contribution in [0.15, 0.2) is 53.0 Å². The third kappa shape index (κ3) is 5.60. The molecule has 1 atom stereocenters. The molecule has 0 saturated carbocycles. The molecule has 0 spiro atoms. The van der Waals surface area contributed by atoms with Crippen LogP contribution in [0.4, 0.5) is 0 Å². The summed E-state index contributed by atoms with van der Waals surface area (Å²) in [4.78, 5) is 27.9. The maximum atomic E-state index is 13.3. The molecular weight excluding hydrogens is 440 g/mol. The van der Waals surface area contributed by atoms with Gasteiger partial charge in [-0.2, -0.15) is 0 Å². The third-order valence-electron chi connectivity index (χ3n) is 3.87. The molecule has 0 radical (unpaired) electrons. The summed E-state index contributed by atoms with van der Waals surface area (Å²) >= 11 is 9.40. The molecule has 4 nitrogen and oxygen atoms in total. The van der Waals surface area contributed by atoms with Crippen molar-refractivity contribution in [3.05, 3.63) is 69.2 Å². The summed E-state index contributed by atoms with van der Waals surface area (Å²) in [5.41, 5.74) is 0.585. The Hall–Kier alpha value is -2.29. The Morgan fingerprint density at radius 2 is 1.79 bits per heavy atom. The molecule has 1 unspecified atom stereocenters. The molecule has 0 bridgehead atoms. The summed E-state index contributed by atoms with van der Waals surface area (Å²) in [5.74, 6) is 1.85. The number of hydrogen-bond acceptors (Lipinski definition) is 2.